The van der Waals surface area contributed by atoms with Crippen molar-refractivity contribution in [1.29, 1.82) is 0 Å². The molecular weight excluding hydrogens is 368 g/mol. The monoisotopic (exact) mass is 408 g/mol. The first-order chi connectivity index (χ1) is 14.0. The fourth-order valence-corrected chi connectivity index (χ4v) is 2.53. The molecule has 0 aliphatic rings. The van der Waals surface area contributed by atoms with E-state index in [0.29, 0.717) is 19.1 Å². The highest BCUT2D eigenvalue weighted by Crippen LogP contribution is 2.13. The van der Waals surface area contributed by atoms with Crippen molar-refractivity contribution in [2.45, 2.75) is 26.8 Å². The number of nitrogens with zero attached hydrogens (tertiary/aromatic N) is 2. The summed E-state index contributed by atoms with van der Waals surface area (Å²) in [5, 5.41) is 6.66. The van der Waals surface area contributed by atoms with Crippen molar-refractivity contribution in [3.63, 3.8) is 0 Å². The molecule has 1 aromatic rings. The lowest BCUT2D eigenvalue weighted by atomic mass is 10.2. The molecule has 0 atom stereocenters. The van der Waals surface area contributed by atoms with E-state index in [1.54, 1.807) is 14.2 Å². The number of ether oxygens (including phenoxy) is 3. The Labute approximate surface area is 176 Å². The maximum absolute atomic E-state index is 5.88. The molecule has 7 nitrogen and oxygen atoms in total. The zero-order chi connectivity index (χ0) is 21.3. The van der Waals surface area contributed by atoms with Gasteiger partial charge in [-0.1, -0.05) is 26.0 Å². The molecule has 0 radical (unpaired) electrons. The second kappa shape index (κ2) is 16.0. The van der Waals surface area contributed by atoms with Gasteiger partial charge in [-0.15, -0.1) is 0 Å². The van der Waals surface area contributed by atoms with Crippen molar-refractivity contribution < 1.29 is 14.2 Å². The Balaban J connectivity index is 2.27. The number of rotatable bonds is 15. The quantitative estimate of drug-likeness (QED) is 0.264. The summed E-state index contributed by atoms with van der Waals surface area (Å²) in [6.45, 7) is 10.6. The summed E-state index contributed by atoms with van der Waals surface area (Å²) >= 11 is 0. The van der Waals surface area contributed by atoms with Gasteiger partial charge in [0, 0.05) is 53.6 Å². The largest absolute Gasteiger partial charge is 0.492 e. The minimum atomic E-state index is 0.578. The molecule has 0 aliphatic heterocycles. The lowest BCUT2D eigenvalue weighted by Crippen LogP contribution is -2.37. The summed E-state index contributed by atoms with van der Waals surface area (Å²) in [7, 11) is 5.57. The zero-order valence-electron chi connectivity index (χ0n) is 18.9. The van der Waals surface area contributed by atoms with Crippen LogP contribution in [0.2, 0.25) is 0 Å². The van der Waals surface area contributed by atoms with Crippen LogP contribution < -0.4 is 15.4 Å². The molecule has 1 rings (SSSR count). The molecule has 0 amide bonds. The van der Waals surface area contributed by atoms with Crippen LogP contribution in [-0.4, -0.2) is 78.1 Å². The Bertz CT molecular complexity index is 567. The lowest BCUT2D eigenvalue weighted by Gasteiger charge is -2.16. The van der Waals surface area contributed by atoms with Gasteiger partial charge < -0.3 is 29.7 Å². The number of methoxy groups -OCH3 is 1. The summed E-state index contributed by atoms with van der Waals surface area (Å²) < 4.78 is 16.6. The Morgan fingerprint density at radius 3 is 2.66 bits per heavy atom. The number of benzene rings is 1. The third-order valence-electron chi connectivity index (χ3n) is 4.21. The average molecular weight is 409 g/mol. The van der Waals surface area contributed by atoms with Crippen LogP contribution in [0.15, 0.2) is 29.3 Å². The van der Waals surface area contributed by atoms with Gasteiger partial charge in [0.15, 0.2) is 5.96 Å². The Morgan fingerprint density at radius 1 is 1.14 bits per heavy atom. The molecule has 7 heteroatoms. The smallest absolute Gasteiger partial charge is 0.191 e. The first-order valence-corrected chi connectivity index (χ1v) is 10.5. The molecule has 0 fully saturated rings. The summed E-state index contributed by atoms with van der Waals surface area (Å²) in [6.07, 6.45) is 0.954. The van der Waals surface area contributed by atoms with Crippen molar-refractivity contribution in [2.24, 2.45) is 10.9 Å². The van der Waals surface area contributed by atoms with E-state index >= 15 is 0 Å². The zero-order valence-corrected chi connectivity index (χ0v) is 18.9. The first kappa shape index (κ1) is 25.2. The number of guanidine groups is 1. The third kappa shape index (κ3) is 13.1. The third-order valence-corrected chi connectivity index (χ3v) is 4.21. The highest BCUT2D eigenvalue weighted by atomic mass is 16.5. The highest BCUT2D eigenvalue weighted by molar-refractivity contribution is 5.79. The van der Waals surface area contributed by atoms with Crippen LogP contribution in [0, 0.1) is 5.92 Å². The van der Waals surface area contributed by atoms with E-state index < -0.39 is 0 Å². The van der Waals surface area contributed by atoms with Gasteiger partial charge in [0.1, 0.15) is 12.4 Å². The van der Waals surface area contributed by atoms with Gasteiger partial charge in [0.25, 0.3) is 0 Å². The summed E-state index contributed by atoms with van der Waals surface area (Å²) in [5.41, 5.74) is 1.15. The van der Waals surface area contributed by atoms with Crippen LogP contribution in [0.4, 0.5) is 0 Å². The normalized spacial score (nSPS) is 11.9. The summed E-state index contributed by atoms with van der Waals surface area (Å²) in [5.74, 6) is 2.25. The van der Waals surface area contributed by atoms with E-state index in [4.69, 9.17) is 14.2 Å². The molecule has 2 N–H and O–H groups in total. The minimum absolute atomic E-state index is 0.578. The second-order valence-electron chi connectivity index (χ2n) is 7.47. The molecule has 29 heavy (non-hydrogen) atoms. The number of likely N-dealkylation sites (N-methyl/N-ethyl adjacent to an activating group) is 1. The van der Waals surface area contributed by atoms with Crippen LogP contribution in [-0.2, 0) is 16.0 Å². The maximum atomic E-state index is 5.88. The van der Waals surface area contributed by atoms with E-state index in [1.807, 2.05) is 12.1 Å². The molecule has 1 aromatic carbocycles. The van der Waals surface area contributed by atoms with Gasteiger partial charge in [-0.05, 0) is 37.1 Å². The fraction of sp³-hybridized carbons (Fsp3) is 0.682. The molecule has 0 bridgehead atoms. The van der Waals surface area contributed by atoms with Crippen LogP contribution in [0.1, 0.15) is 25.8 Å². The Kier molecular flexibility index (Phi) is 13.9. The number of hydrogen-bond acceptors (Lipinski definition) is 5. The molecular formula is C22H40N4O3. The van der Waals surface area contributed by atoms with Crippen molar-refractivity contribution in [3.8, 4) is 5.75 Å². The molecule has 0 heterocycles. The van der Waals surface area contributed by atoms with E-state index in [9.17, 15) is 0 Å². The van der Waals surface area contributed by atoms with Crippen LogP contribution in [0.25, 0.3) is 0 Å². The average Bonchev–Trinajstić information content (AvgIpc) is 2.71. The summed E-state index contributed by atoms with van der Waals surface area (Å²) in [6, 6.07) is 8.15. The van der Waals surface area contributed by atoms with Gasteiger partial charge in [-0.3, -0.25) is 4.99 Å². The van der Waals surface area contributed by atoms with Gasteiger partial charge in [-0.25, -0.2) is 0 Å². The topological polar surface area (TPSA) is 67.4 Å². The second-order valence-corrected chi connectivity index (χ2v) is 7.47. The predicted octanol–water partition coefficient (Wildman–Crippen LogP) is 2.37. The number of aliphatic imine (C=N–C) groups is 1. The van der Waals surface area contributed by atoms with Gasteiger partial charge in [-0.2, -0.15) is 0 Å². The minimum Gasteiger partial charge on any atom is -0.492 e. The van der Waals surface area contributed by atoms with E-state index in [-0.39, 0.29) is 0 Å². The first-order valence-electron chi connectivity index (χ1n) is 10.5. The molecule has 166 valence electrons. The summed E-state index contributed by atoms with van der Waals surface area (Å²) in [4.78, 5) is 6.46. The molecule has 0 aliphatic carbocycles. The van der Waals surface area contributed by atoms with Crippen LogP contribution in [0.5, 0.6) is 5.75 Å². The Hall–Kier alpha value is -1.83. The molecule has 0 unspecified atom stereocenters. The SMILES string of the molecule is CN=C(NCCCOCC(C)C)NCc1cccc(OCCN(C)CCOC)c1. The van der Waals surface area contributed by atoms with Crippen molar-refractivity contribution in [2.75, 3.05) is 67.3 Å². The van der Waals surface area contributed by atoms with E-state index in [2.05, 4.69) is 53.6 Å². The van der Waals surface area contributed by atoms with Gasteiger partial charge in [0.2, 0.25) is 0 Å². The predicted molar refractivity (Wildman–Crippen MR) is 120 cm³/mol. The van der Waals surface area contributed by atoms with E-state index in [1.165, 1.54) is 0 Å². The van der Waals surface area contributed by atoms with Crippen molar-refractivity contribution in [1.82, 2.24) is 15.5 Å². The van der Waals surface area contributed by atoms with Crippen LogP contribution in [0.3, 0.4) is 0 Å². The lowest BCUT2D eigenvalue weighted by molar-refractivity contribution is 0.108. The van der Waals surface area contributed by atoms with Crippen molar-refractivity contribution in [3.05, 3.63) is 29.8 Å². The van der Waals surface area contributed by atoms with Crippen LogP contribution >= 0.6 is 0 Å². The van der Waals surface area contributed by atoms with E-state index in [0.717, 1.165) is 63.1 Å². The van der Waals surface area contributed by atoms with Gasteiger partial charge in [0.05, 0.1) is 6.61 Å². The molecule has 0 aromatic heterocycles. The number of hydrogen-bond donors (Lipinski definition) is 2. The fourth-order valence-electron chi connectivity index (χ4n) is 2.53. The molecule has 0 saturated heterocycles. The van der Waals surface area contributed by atoms with Crippen molar-refractivity contribution >= 4 is 5.96 Å². The Morgan fingerprint density at radius 2 is 1.93 bits per heavy atom. The molecule has 0 saturated carbocycles. The maximum Gasteiger partial charge on any atom is 0.191 e. The standard InChI is InChI=1S/C22H40N4O3/c1-19(2)18-28-13-7-10-24-22(23-3)25-17-20-8-6-9-21(16-20)29-15-12-26(4)11-14-27-5/h6,8-9,16,19H,7,10-15,17-18H2,1-5H3,(H2,23,24,25). The van der Waals surface area contributed by atoms with Gasteiger partial charge >= 0.3 is 0 Å². The number of nitrogens with one attached hydrogen (secondary N) is 2. The highest BCUT2D eigenvalue weighted by Gasteiger charge is 2.02. The molecule has 0 spiro atoms.